The summed E-state index contributed by atoms with van der Waals surface area (Å²) in [5.41, 5.74) is 0. The number of amides is 1. The van der Waals surface area contributed by atoms with Crippen LogP contribution in [0.15, 0.2) is 134 Å². The number of phosphoric acid groups is 1. The van der Waals surface area contributed by atoms with E-state index in [-0.39, 0.29) is 25.5 Å². The molecule has 0 spiro atoms. The van der Waals surface area contributed by atoms with E-state index >= 15 is 0 Å². The standard InChI is InChI=1S/C52H85N2O6P/c1-6-8-10-12-14-16-18-19-20-21-22-23-24-25-26-27-28-29-30-31-32-33-34-35-36-38-40-42-44-46-52(56)53-50(49-60-61(57,58)59-48-47-54(3,4)5)51(55)45-43-41-39-37-17-15-13-11-9-7-2/h8,10,14,16-17,19-20,22-23,25-26,28-29,31-32,34-35,37-38,40,43,45,50-51,55H,6-7,9,11-13,15,18,21,24,27,30,33,36,39,41-42,44,46-49H2,1-5H3,(H-,53,56,57,58)/p+1/b10-8-,16-14-,20-19-,23-22-,26-25-,29-28-,32-31-,35-34-,37-17+,40-38-,45-43+. The molecule has 1 amide bonds. The zero-order valence-electron chi connectivity index (χ0n) is 38.8. The van der Waals surface area contributed by atoms with Gasteiger partial charge >= 0.3 is 7.82 Å². The van der Waals surface area contributed by atoms with Gasteiger partial charge in [0.05, 0.1) is 39.9 Å². The summed E-state index contributed by atoms with van der Waals surface area (Å²) < 4.78 is 23.4. The molecule has 0 heterocycles. The number of phosphoric ester groups is 1. The molecule has 0 bridgehead atoms. The van der Waals surface area contributed by atoms with Gasteiger partial charge in [-0.3, -0.25) is 13.8 Å². The van der Waals surface area contributed by atoms with Crippen LogP contribution in [0.5, 0.6) is 0 Å². The predicted octanol–water partition coefficient (Wildman–Crippen LogP) is 13.2. The van der Waals surface area contributed by atoms with Crippen molar-refractivity contribution in [3.63, 3.8) is 0 Å². The number of carbonyl (C=O) groups is 1. The third-order valence-corrected chi connectivity index (χ3v) is 10.1. The Labute approximate surface area is 373 Å². The third kappa shape index (κ3) is 44.5. The molecule has 9 heteroatoms. The fourth-order valence-corrected chi connectivity index (χ4v) is 6.20. The molecule has 0 radical (unpaired) electrons. The van der Waals surface area contributed by atoms with Crippen LogP contribution in [0.4, 0.5) is 0 Å². The molecule has 0 saturated heterocycles. The van der Waals surface area contributed by atoms with Crippen molar-refractivity contribution in [2.75, 3.05) is 40.9 Å². The van der Waals surface area contributed by atoms with Crippen molar-refractivity contribution in [1.82, 2.24) is 5.32 Å². The van der Waals surface area contributed by atoms with Crippen LogP contribution in [-0.4, -0.2) is 73.4 Å². The highest BCUT2D eigenvalue weighted by Gasteiger charge is 2.27. The molecule has 0 aliphatic heterocycles. The molecule has 0 saturated carbocycles. The highest BCUT2D eigenvalue weighted by atomic mass is 31.2. The number of unbranched alkanes of at least 4 members (excludes halogenated alkanes) is 6. The molecule has 0 aliphatic carbocycles. The molecule has 0 aliphatic rings. The molecule has 8 nitrogen and oxygen atoms in total. The van der Waals surface area contributed by atoms with Gasteiger partial charge in [0.1, 0.15) is 13.2 Å². The molecule has 3 unspecified atom stereocenters. The first-order chi connectivity index (χ1) is 29.5. The highest BCUT2D eigenvalue weighted by Crippen LogP contribution is 2.43. The van der Waals surface area contributed by atoms with Gasteiger partial charge in [-0.25, -0.2) is 4.57 Å². The topological polar surface area (TPSA) is 105 Å². The first kappa shape index (κ1) is 57.6. The van der Waals surface area contributed by atoms with Gasteiger partial charge in [-0.05, 0) is 96.3 Å². The Morgan fingerprint density at radius 3 is 1.48 bits per heavy atom. The monoisotopic (exact) mass is 866 g/mol. The zero-order chi connectivity index (χ0) is 45.0. The third-order valence-electron chi connectivity index (χ3n) is 9.10. The molecule has 61 heavy (non-hydrogen) atoms. The number of nitrogens with one attached hydrogen (secondary N) is 1. The Bertz CT molecular complexity index is 1440. The van der Waals surface area contributed by atoms with Crippen LogP contribution in [-0.2, 0) is 18.4 Å². The van der Waals surface area contributed by atoms with Gasteiger partial charge in [0.25, 0.3) is 0 Å². The van der Waals surface area contributed by atoms with Crippen LogP contribution in [0.3, 0.4) is 0 Å². The Hall–Kier alpha value is -3.36. The molecule has 0 aromatic rings. The number of allylic oxidation sites excluding steroid dienone is 21. The molecule has 0 aromatic heterocycles. The van der Waals surface area contributed by atoms with E-state index in [1.54, 1.807) is 6.08 Å². The molecule has 0 rings (SSSR count). The maximum Gasteiger partial charge on any atom is 0.472 e. The SMILES string of the molecule is CC/C=C\C/C=C\C/C=C\C/C=C\C/C=C\C/C=C\C/C=C\C/C=C\C/C=C\CCCC(=O)NC(COP(=O)(O)OCC[N+](C)(C)C)C(O)/C=C/CC/C=C/CCCCCC. The smallest absolute Gasteiger partial charge is 0.387 e. The Balaban J connectivity index is 4.43. The summed E-state index contributed by atoms with van der Waals surface area (Å²) in [7, 11) is 1.49. The molecule has 0 fully saturated rings. The number of quaternary nitrogens is 1. The van der Waals surface area contributed by atoms with Crippen molar-refractivity contribution < 1.29 is 32.9 Å². The molecular formula is C52H86N2O6P+. The number of hydrogen-bond acceptors (Lipinski definition) is 5. The lowest BCUT2D eigenvalue weighted by atomic mass is 10.1. The maximum atomic E-state index is 12.8. The average molecular weight is 866 g/mol. The molecule has 3 N–H and O–H groups in total. The van der Waals surface area contributed by atoms with Crippen LogP contribution >= 0.6 is 7.82 Å². The lowest BCUT2D eigenvalue weighted by Gasteiger charge is -2.25. The minimum atomic E-state index is -4.37. The fourth-order valence-electron chi connectivity index (χ4n) is 5.47. The van der Waals surface area contributed by atoms with Crippen molar-refractivity contribution in [2.24, 2.45) is 0 Å². The minimum Gasteiger partial charge on any atom is -0.387 e. The largest absolute Gasteiger partial charge is 0.472 e. The van der Waals surface area contributed by atoms with Gasteiger partial charge in [-0.2, -0.15) is 0 Å². The Morgan fingerprint density at radius 2 is 1.00 bits per heavy atom. The van der Waals surface area contributed by atoms with Crippen LogP contribution in [0.25, 0.3) is 0 Å². The number of nitrogens with zero attached hydrogens (tertiary/aromatic N) is 1. The first-order valence-electron chi connectivity index (χ1n) is 23.1. The Kier molecular flexibility index (Phi) is 39.7. The molecule has 3 atom stereocenters. The van der Waals surface area contributed by atoms with Crippen molar-refractivity contribution in [2.45, 2.75) is 148 Å². The quantitative estimate of drug-likeness (QED) is 0.0246. The van der Waals surface area contributed by atoms with Gasteiger partial charge in [-0.15, -0.1) is 0 Å². The van der Waals surface area contributed by atoms with Crippen LogP contribution in [0.2, 0.25) is 0 Å². The summed E-state index contributed by atoms with van der Waals surface area (Å²) in [4.78, 5) is 23.0. The van der Waals surface area contributed by atoms with E-state index < -0.39 is 20.0 Å². The second kappa shape index (κ2) is 42.0. The average Bonchev–Trinajstić information content (AvgIpc) is 3.21. The van der Waals surface area contributed by atoms with E-state index in [9.17, 15) is 19.4 Å². The van der Waals surface area contributed by atoms with Crippen molar-refractivity contribution in [1.29, 1.82) is 0 Å². The summed E-state index contributed by atoms with van der Waals surface area (Å²) in [6, 6.07) is -0.902. The van der Waals surface area contributed by atoms with E-state index in [0.717, 1.165) is 83.5 Å². The highest BCUT2D eigenvalue weighted by molar-refractivity contribution is 7.47. The molecular weight excluding hydrogens is 780 g/mol. The maximum absolute atomic E-state index is 12.8. The fraction of sp³-hybridized carbons (Fsp3) is 0.558. The van der Waals surface area contributed by atoms with Crippen molar-refractivity contribution in [3.05, 3.63) is 134 Å². The van der Waals surface area contributed by atoms with Crippen molar-refractivity contribution in [3.8, 4) is 0 Å². The minimum absolute atomic E-state index is 0.0367. The van der Waals surface area contributed by atoms with Gasteiger partial charge < -0.3 is 19.8 Å². The summed E-state index contributed by atoms with van der Waals surface area (Å²) in [6.45, 7) is 4.55. The second-order valence-corrected chi connectivity index (χ2v) is 17.5. The predicted molar refractivity (Wildman–Crippen MR) is 262 cm³/mol. The number of aliphatic hydroxyl groups excluding tert-OH is 1. The van der Waals surface area contributed by atoms with E-state index in [1.807, 2.05) is 27.2 Å². The zero-order valence-corrected chi connectivity index (χ0v) is 39.7. The van der Waals surface area contributed by atoms with E-state index in [2.05, 4.69) is 141 Å². The van der Waals surface area contributed by atoms with E-state index in [1.165, 1.54) is 25.7 Å². The number of carbonyl (C=O) groups excluding carboxylic acids is 1. The number of hydrogen-bond donors (Lipinski definition) is 3. The summed E-state index contributed by atoms with van der Waals surface area (Å²) in [5.74, 6) is -0.255. The number of likely N-dealkylation sites (N-methyl/N-ethyl adjacent to an activating group) is 1. The van der Waals surface area contributed by atoms with E-state index in [0.29, 0.717) is 17.4 Å². The van der Waals surface area contributed by atoms with E-state index in [4.69, 9.17) is 9.05 Å². The number of rotatable bonds is 39. The normalized spacial score (nSPS) is 15.5. The van der Waals surface area contributed by atoms with Gasteiger partial charge in [-0.1, -0.05) is 167 Å². The lowest BCUT2D eigenvalue weighted by Crippen LogP contribution is -2.45. The van der Waals surface area contributed by atoms with Crippen molar-refractivity contribution >= 4 is 13.7 Å². The van der Waals surface area contributed by atoms with Gasteiger partial charge in [0.15, 0.2) is 0 Å². The lowest BCUT2D eigenvalue weighted by molar-refractivity contribution is -0.870. The first-order valence-corrected chi connectivity index (χ1v) is 24.6. The Morgan fingerprint density at radius 1 is 0.574 bits per heavy atom. The molecule has 0 aromatic carbocycles. The molecule has 344 valence electrons. The summed E-state index contributed by atoms with van der Waals surface area (Å²) >= 11 is 0. The van der Waals surface area contributed by atoms with Gasteiger partial charge in [0.2, 0.25) is 5.91 Å². The van der Waals surface area contributed by atoms with Gasteiger partial charge in [0, 0.05) is 6.42 Å². The van der Waals surface area contributed by atoms with Crippen LogP contribution in [0, 0.1) is 0 Å². The summed E-state index contributed by atoms with van der Waals surface area (Å²) in [6.07, 6.45) is 64.1. The number of aliphatic hydroxyl groups is 1. The summed E-state index contributed by atoms with van der Waals surface area (Å²) in [5, 5.41) is 13.7. The van der Waals surface area contributed by atoms with Crippen LogP contribution in [0.1, 0.15) is 136 Å². The second-order valence-electron chi connectivity index (χ2n) is 16.0. The van der Waals surface area contributed by atoms with Crippen LogP contribution < -0.4 is 5.32 Å².